The van der Waals surface area contributed by atoms with Crippen LogP contribution in [0.15, 0.2) is 61.1 Å². The number of anilines is 1. The number of hydrogen-bond acceptors (Lipinski definition) is 7. The van der Waals surface area contributed by atoms with Crippen LogP contribution in [0.25, 0.3) is 0 Å². The summed E-state index contributed by atoms with van der Waals surface area (Å²) in [5, 5.41) is 2.95. The van der Waals surface area contributed by atoms with Crippen molar-refractivity contribution in [3.8, 4) is 5.75 Å². The van der Waals surface area contributed by atoms with Gasteiger partial charge >= 0.3 is 0 Å². The molecule has 4 rings (SSSR count). The van der Waals surface area contributed by atoms with Gasteiger partial charge in [-0.25, -0.2) is 9.29 Å². The molecule has 1 aliphatic heterocycles. The molecule has 0 saturated carbocycles. The molecule has 1 amide bonds. The van der Waals surface area contributed by atoms with Crippen LogP contribution in [0, 0.1) is 0 Å². The van der Waals surface area contributed by atoms with Gasteiger partial charge in [0.1, 0.15) is 11.8 Å². The van der Waals surface area contributed by atoms with E-state index in [9.17, 15) is 13.6 Å². The minimum absolute atomic E-state index is 0. The van der Waals surface area contributed by atoms with Crippen molar-refractivity contribution in [2.75, 3.05) is 58.8 Å². The van der Waals surface area contributed by atoms with Crippen LogP contribution in [-0.4, -0.2) is 93.4 Å². The predicted octanol–water partition coefficient (Wildman–Crippen LogP) is 2.32. The average molecular weight is 570 g/mol. The van der Waals surface area contributed by atoms with Crippen molar-refractivity contribution in [1.82, 2.24) is 24.1 Å². The van der Waals surface area contributed by atoms with Gasteiger partial charge in [-0.2, -0.15) is 0 Å². The molecule has 218 valence electrons. The average Bonchev–Trinajstić information content (AvgIpc) is 3.38. The Labute approximate surface area is 240 Å². The fraction of sp³-hybridized carbons (Fsp3) is 0.448. The number of nitrogens with one attached hydrogen (secondary N) is 1. The van der Waals surface area contributed by atoms with Crippen LogP contribution >= 0.6 is 0 Å². The number of ether oxygens (including phenoxy) is 1. The Morgan fingerprint density at radius 3 is 2.45 bits per heavy atom. The number of carbonyl (C=O) groups excluding carboxylic acids is 1. The Morgan fingerprint density at radius 1 is 1.10 bits per heavy atom. The number of imidazole rings is 1. The first-order chi connectivity index (χ1) is 18.8. The van der Waals surface area contributed by atoms with Crippen LogP contribution in [0.4, 0.5) is 5.69 Å². The molecule has 0 aliphatic carbocycles. The van der Waals surface area contributed by atoms with Crippen molar-refractivity contribution in [1.29, 1.82) is 0 Å². The molecule has 3 aromatic rings. The number of aromatic nitrogens is 2. The van der Waals surface area contributed by atoms with E-state index in [0.29, 0.717) is 32.6 Å². The molecule has 1 N–H and O–H groups in total. The van der Waals surface area contributed by atoms with Crippen molar-refractivity contribution < 1.29 is 18.3 Å². The normalized spacial score (nSPS) is 16.6. The van der Waals surface area contributed by atoms with Crippen molar-refractivity contribution in [3.63, 3.8) is 0 Å². The summed E-state index contributed by atoms with van der Waals surface area (Å²) < 4.78 is 32.2. The van der Waals surface area contributed by atoms with E-state index in [1.54, 1.807) is 19.6 Å². The number of rotatable bonds is 12. The van der Waals surface area contributed by atoms with E-state index in [0.717, 1.165) is 41.2 Å². The molecular weight excluding hydrogens is 528 g/mol. The number of hydrogen-bond donors (Lipinski definition) is 1. The van der Waals surface area contributed by atoms with Gasteiger partial charge in [0, 0.05) is 88.6 Å². The number of nitrogens with zero attached hydrogens (tertiary/aromatic N) is 5. The Morgan fingerprint density at radius 2 is 1.80 bits per heavy atom. The Balaban J connectivity index is 0.00000441. The highest BCUT2D eigenvalue weighted by molar-refractivity contribution is 7.76. The van der Waals surface area contributed by atoms with Crippen molar-refractivity contribution in [2.45, 2.75) is 32.9 Å². The highest BCUT2D eigenvalue weighted by atomic mass is 32.2. The van der Waals surface area contributed by atoms with Gasteiger partial charge in [-0.15, -0.1) is 0 Å². The largest absolute Gasteiger partial charge is 0.760 e. The molecule has 40 heavy (non-hydrogen) atoms. The summed E-state index contributed by atoms with van der Waals surface area (Å²) >= 11 is -2.46. The van der Waals surface area contributed by atoms with Crippen LogP contribution in [-0.2, 0) is 35.4 Å². The highest BCUT2D eigenvalue weighted by Crippen LogP contribution is 2.16. The fourth-order valence-corrected chi connectivity index (χ4v) is 5.32. The van der Waals surface area contributed by atoms with Crippen molar-refractivity contribution in [3.05, 3.63) is 77.9 Å². The number of amides is 1. The molecule has 0 radical (unpaired) electrons. The Bertz CT molecular complexity index is 1230. The zero-order valence-electron chi connectivity index (χ0n) is 22.8. The summed E-state index contributed by atoms with van der Waals surface area (Å²) in [4.78, 5) is 21.6. The molecule has 1 fully saturated rings. The highest BCUT2D eigenvalue weighted by Gasteiger charge is 2.33. The van der Waals surface area contributed by atoms with E-state index in [-0.39, 0.29) is 19.9 Å². The standard InChI is InChI=1S/C28H38N6O4S.CH4/c1-31(2)24-8-4-23(5-9-24)19-33-21-29-18-25(33)12-14-30-28(35)27-20-32(16-17-34(27)39(36)37)15-13-22-6-10-26(38-3)11-7-22;/h4-11,18,21,27H,12-17,19-20H2,1-3H3,(H,30,35)(H,36,37);1H4/p-1. The lowest BCUT2D eigenvalue weighted by Gasteiger charge is -2.40. The van der Waals surface area contributed by atoms with Gasteiger partial charge in [0.25, 0.3) is 0 Å². The van der Waals surface area contributed by atoms with E-state index in [1.807, 2.05) is 38.4 Å². The third-order valence-electron chi connectivity index (χ3n) is 7.07. The van der Waals surface area contributed by atoms with Gasteiger partial charge in [0.15, 0.2) is 0 Å². The summed E-state index contributed by atoms with van der Waals surface area (Å²) in [6, 6.07) is 15.5. The smallest absolute Gasteiger partial charge is 0.239 e. The van der Waals surface area contributed by atoms with Gasteiger partial charge < -0.3 is 24.1 Å². The Hall–Kier alpha value is -3.25. The molecule has 0 bridgehead atoms. The third kappa shape index (κ3) is 8.37. The number of piperazine rings is 1. The molecule has 1 saturated heterocycles. The minimum Gasteiger partial charge on any atom is -0.760 e. The first kappa shape index (κ1) is 31.3. The second-order valence-electron chi connectivity index (χ2n) is 9.89. The van der Waals surface area contributed by atoms with Gasteiger partial charge in [-0.1, -0.05) is 31.7 Å². The van der Waals surface area contributed by atoms with Crippen LogP contribution in [0.1, 0.15) is 24.2 Å². The maximum atomic E-state index is 13.1. The molecule has 11 heteroatoms. The molecule has 2 unspecified atom stereocenters. The lowest BCUT2D eigenvalue weighted by Crippen LogP contribution is -2.59. The third-order valence-corrected chi connectivity index (χ3v) is 7.89. The SMILES string of the molecule is C.COc1ccc(CCN2CCN(S(=O)[O-])C(C(=O)NCCc3cncn3Cc3ccc(N(C)C)cc3)C2)cc1. The van der Waals surface area contributed by atoms with Crippen LogP contribution < -0.4 is 15.0 Å². The zero-order chi connectivity index (χ0) is 27.8. The van der Waals surface area contributed by atoms with Crippen molar-refractivity contribution in [2.24, 2.45) is 0 Å². The molecule has 10 nitrogen and oxygen atoms in total. The number of carbonyl (C=O) groups is 1. The summed E-state index contributed by atoms with van der Waals surface area (Å²) in [5.74, 6) is 0.530. The molecule has 1 aromatic heterocycles. The molecular formula is C29H41N6O4S-. The lowest BCUT2D eigenvalue weighted by atomic mass is 10.1. The second-order valence-corrected chi connectivity index (χ2v) is 10.8. The molecule has 2 aromatic carbocycles. The van der Waals surface area contributed by atoms with Gasteiger partial charge in [0.05, 0.1) is 13.4 Å². The number of benzene rings is 2. The quantitative estimate of drug-likeness (QED) is 0.334. The molecule has 0 spiro atoms. The first-order valence-electron chi connectivity index (χ1n) is 13.1. The van der Waals surface area contributed by atoms with E-state index in [2.05, 4.69) is 48.9 Å². The predicted molar refractivity (Wildman–Crippen MR) is 158 cm³/mol. The van der Waals surface area contributed by atoms with E-state index in [1.165, 1.54) is 4.31 Å². The first-order valence-corrected chi connectivity index (χ1v) is 14.1. The van der Waals surface area contributed by atoms with E-state index < -0.39 is 17.3 Å². The van der Waals surface area contributed by atoms with Gasteiger partial charge in [-0.3, -0.25) is 13.9 Å². The maximum absolute atomic E-state index is 13.1. The summed E-state index contributed by atoms with van der Waals surface area (Å²) in [5.41, 5.74) is 4.47. The van der Waals surface area contributed by atoms with E-state index >= 15 is 0 Å². The van der Waals surface area contributed by atoms with Crippen molar-refractivity contribution >= 4 is 22.9 Å². The topological polar surface area (TPSA) is 106 Å². The van der Waals surface area contributed by atoms with Crippen LogP contribution in [0.2, 0.25) is 0 Å². The van der Waals surface area contributed by atoms with Crippen LogP contribution in [0.5, 0.6) is 5.75 Å². The minimum atomic E-state index is -2.46. The molecule has 2 heterocycles. The summed E-state index contributed by atoms with van der Waals surface area (Å²) in [6.45, 7) is 3.05. The summed E-state index contributed by atoms with van der Waals surface area (Å²) in [6.07, 6.45) is 5.00. The summed E-state index contributed by atoms with van der Waals surface area (Å²) in [7, 11) is 5.66. The Kier molecular flexibility index (Phi) is 11.7. The van der Waals surface area contributed by atoms with Crippen LogP contribution in [0.3, 0.4) is 0 Å². The monoisotopic (exact) mass is 569 g/mol. The lowest BCUT2D eigenvalue weighted by molar-refractivity contribution is -0.126. The van der Waals surface area contributed by atoms with Gasteiger partial charge in [-0.05, 0) is 41.8 Å². The molecule has 1 aliphatic rings. The maximum Gasteiger partial charge on any atom is 0.239 e. The zero-order valence-corrected chi connectivity index (χ0v) is 23.6. The second kappa shape index (κ2) is 14.9. The number of methoxy groups -OCH3 is 1. The van der Waals surface area contributed by atoms with Gasteiger partial charge in [0.2, 0.25) is 5.91 Å². The molecule has 2 atom stereocenters. The van der Waals surface area contributed by atoms with E-state index in [4.69, 9.17) is 4.74 Å². The fourth-order valence-electron chi connectivity index (χ4n) is 4.72.